The van der Waals surface area contributed by atoms with E-state index < -0.39 is 6.61 Å². The average molecular weight is 353 g/mol. The predicted octanol–water partition coefficient (Wildman–Crippen LogP) is 4.14. The molecule has 1 N–H and O–H groups in total. The number of rotatable bonds is 5. The van der Waals surface area contributed by atoms with Gasteiger partial charge in [0, 0.05) is 11.9 Å². The van der Waals surface area contributed by atoms with Gasteiger partial charge in [-0.25, -0.2) is 9.97 Å². The van der Waals surface area contributed by atoms with E-state index >= 15 is 0 Å². The number of imidazole rings is 1. The van der Waals surface area contributed by atoms with Crippen molar-refractivity contribution in [2.24, 2.45) is 0 Å². The van der Waals surface area contributed by atoms with Crippen molar-refractivity contribution >= 4 is 17.2 Å². The summed E-state index contributed by atoms with van der Waals surface area (Å²) in [6.45, 7) is -2.85. The molecule has 0 aliphatic rings. The lowest BCUT2D eigenvalue weighted by atomic mass is 10.3. The van der Waals surface area contributed by atoms with E-state index in [9.17, 15) is 8.78 Å². The first kappa shape index (κ1) is 15.9. The number of fused-ring (bicyclic) bond motifs is 1. The fourth-order valence-corrected chi connectivity index (χ4v) is 2.54. The van der Waals surface area contributed by atoms with Crippen molar-refractivity contribution in [2.45, 2.75) is 6.61 Å². The zero-order chi connectivity index (χ0) is 17.9. The summed E-state index contributed by atoms with van der Waals surface area (Å²) in [6, 6.07) is 11.9. The lowest BCUT2D eigenvalue weighted by molar-refractivity contribution is -0.0498. The topological polar surface area (TPSA) is 64.3 Å². The molecule has 0 unspecified atom stereocenters. The molecule has 4 rings (SSSR count). The van der Waals surface area contributed by atoms with Gasteiger partial charge in [0.1, 0.15) is 22.9 Å². The number of halogens is 2. The number of aromatic nitrogens is 4. The van der Waals surface area contributed by atoms with Crippen LogP contribution < -0.4 is 10.1 Å². The molecule has 0 amide bonds. The second kappa shape index (κ2) is 6.75. The fraction of sp³-hybridized carbons (Fsp3) is 0.0556. The molecule has 0 spiro atoms. The van der Waals surface area contributed by atoms with Gasteiger partial charge in [0.2, 0.25) is 0 Å². The summed E-state index contributed by atoms with van der Waals surface area (Å²) < 4.78 is 30.6. The van der Waals surface area contributed by atoms with Crippen LogP contribution in [0.5, 0.6) is 5.75 Å². The Morgan fingerprint density at radius 1 is 1.00 bits per heavy atom. The Kier molecular flexibility index (Phi) is 4.14. The molecule has 0 radical (unpaired) electrons. The smallest absolute Gasteiger partial charge is 0.387 e. The highest BCUT2D eigenvalue weighted by molar-refractivity contribution is 5.63. The van der Waals surface area contributed by atoms with Gasteiger partial charge in [0.15, 0.2) is 0 Å². The monoisotopic (exact) mass is 353 g/mol. The number of hydrogen-bond acceptors (Lipinski definition) is 5. The van der Waals surface area contributed by atoms with Gasteiger partial charge in [-0.3, -0.25) is 9.38 Å². The van der Waals surface area contributed by atoms with Crippen LogP contribution in [0, 0.1) is 0 Å². The van der Waals surface area contributed by atoms with Crippen LogP contribution in [-0.4, -0.2) is 26.0 Å². The van der Waals surface area contributed by atoms with Gasteiger partial charge in [0.25, 0.3) is 0 Å². The maximum absolute atomic E-state index is 12.2. The van der Waals surface area contributed by atoms with E-state index in [4.69, 9.17) is 0 Å². The summed E-state index contributed by atoms with van der Waals surface area (Å²) in [4.78, 5) is 13.1. The van der Waals surface area contributed by atoms with Crippen LogP contribution in [0.25, 0.3) is 17.0 Å². The molecule has 0 saturated carbocycles. The molecule has 3 aromatic heterocycles. The largest absolute Gasteiger partial charge is 0.435 e. The minimum absolute atomic E-state index is 0.0936. The average Bonchev–Trinajstić information content (AvgIpc) is 3.07. The third-order valence-corrected chi connectivity index (χ3v) is 3.67. The molecule has 4 aromatic rings. The molecule has 0 aliphatic heterocycles. The Morgan fingerprint density at radius 2 is 1.85 bits per heavy atom. The zero-order valence-electron chi connectivity index (χ0n) is 13.4. The van der Waals surface area contributed by atoms with Crippen LogP contribution >= 0.6 is 0 Å². The maximum Gasteiger partial charge on any atom is 0.387 e. The van der Waals surface area contributed by atoms with E-state index in [1.165, 1.54) is 12.1 Å². The summed E-state index contributed by atoms with van der Waals surface area (Å²) in [5.41, 5.74) is 2.97. The number of pyridine rings is 1. The molecule has 0 saturated heterocycles. The summed E-state index contributed by atoms with van der Waals surface area (Å²) in [7, 11) is 0. The second-order valence-corrected chi connectivity index (χ2v) is 5.39. The highest BCUT2D eigenvalue weighted by atomic mass is 19.3. The summed E-state index contributed by atoms with van der Waals surface area (Å²) in [6.07, 6.45) is 6.87. The standard InChI is InChI=1S/C18H13F2N5O/c19-18(20)26-13-6-4-12(5-7-13)23-16-11-21-9-14(24-16)15-10-22-17-3-1-2-8-25(15)17/h1-11,18H,(H,23,24). The summed E-state index contributed by atoms with van der Waals surface area (Å²) >= 11 is 0. The molecule has 1 aromatic carbocycles. The first-order chi connectivity index (χ1) is 12.7. The van der Waals surface area contributed by atoms with Gasteiger partial charge in [-0.05, 0) is 36.4 Å². The first-order valence-corrected chi connectivity index (χ1v) is 7.75. The molecule has 6 nitrogen and oxygen atoms in total. The molecule has 8 heteroatoms. The van der Waals surface area contributed by atoms with E-state index in [-0.39, 0.29) is 5.75 Å². The van der Waals surface area contributed by atoms with Crippen LogP contribution in [0.2, 0.25) is 0 Å². The number of nitrogens with one attached hydrogen (secondary N) is 1. The van der Waals surface area contributed by atoms with Crippen molar-refractivity contribution in [3.05, 3.63) is 67.3 Å². The minimum atomic E-state index is -2.85. The van der Waals surface area contributed by atoms with E-state index in [2.05, 4.69) is 25.0 Å². The van der Waals surface area contributed by atoms with Gasteiger partial charge >= 0.3 is 6.61 Å². The Hall–Kier alpha value is -3.55. The van der Waals surface area contributed by atoms with Crippen LogP contribution in [0.1, 0.15) is 0 Å². The number of benzene rings is 1. The summed E-state index contributed by atoms with van der Waals surface area (Å²) in [5.74, 6) is 0.618. The fourth-order valence-electron chi connectivity index (χ4n) is 2.54. The number of anilines is 2. The van der Waals surface area contributed by atoms with E-state index in [1.807, 2.05) is 28.8 Å². The van der Waals surface area contributed by atoms with Crippen LogP contribution in [0.3, 0.4) is 0 Å². The SMILES string of the molecule is FC(F)Oc1ccc(Nc2cncc(-c3cnc4ccccn34)n2)cc1. The van der Waals surface area contributed by atoms with E-state index in [0.717, 1.165) is 11.3 Å². The third-order valence-electron chi connectivity index (χ3n) is 3.67. The lowest BCUT2D eigenvalue weighted by Gasteiger charge is -2.08. The van der Waals surface area contributed by atoms with Gasteiger partial charge < -0.3 is 10.1 Å². The first-order valence-electron chi connectivity index (χ1n) is 7.75. The molecule has 130 valence electrons. The number of ether oxygens (including phenoxy) is 1. The van der Waals surface area contributed by atoms with Crippen molar-refractivity contribution in [2.75, 3.05) is 5.32 Å². The molecule has 3 heterocycles. The molecule has 26 heavy (non-hydrogen) atoms. The molecular weight excluding hydrogens is 340 g/mol. The molecule has 0 bridgehead atoms. The van der Waals surface area contributed by atoms with Crippen LogP contribution in [0.4, 0.5) is 20.3 Å². The normalized spacial score (nSPS) is 11.0. The Bertz CT molecular complexity index is 1030. The predicted molar refractivity (Wildman–Crippen MR) is 92.6 cm³/mol. The number of alkyl halides is 2. The Labute approximate surface area is 147 Å². The van der Waals surface area contributed by atoms with Crippen molar-refractivity contribution < 1.29 is 13.5 Å². The van der Waals surface area contributed by atoms with Crippen molar-refractivity contribution in [3.8, 4) is 17.1 Å². The van der Waals surface area contributed by atoms with Gasteiger partial charge in [-0.1, -0.05) is 6.07 Å². The van der Waals surface area contributed by atoms with Gasteiger partial charge in [-0.15, -0.1) is 0 Å². The summed E-state index contributed by atoms with van der Waals surface area (Å²) in [5, 5.41) is 3.09. The van der Waals surface area contributed by atoms with Gasteiger partial charge in [0.05, 0.1) is 24.3 Å². The molecule has 0 aliphatic carbocycles. The van der Waals surface area contributed by atoms with E-state index in [1.54, 1.807) is 30.7 Å². The number of hydrogen-bond donors (Lipinski definition) is 1. The van der Waals surface area contributed by atoms with Crippen molar-refractivity contribution in [1.82, 2.24) is 19.4 Å². The highest BCUT2D eigenvalue weighted by Gasteiger charge is 2.09. The zero-order valence-corrected chi connectivity index (χ0v) is 13.4. The molecule has 0 atom stereocenters. The minimum Gasteiger partial charge on any atom is -0.435 e. The molecule has 0 fully saturated rings. The van der Waals surface area contributed by atoms with Crippen molar-refractivity contribution in [3.63, 3.8) is 0 Å². The lowest BCUT2D eigenvalue weighted by Crippen LogP contribution is -2.02. The second-order valence-electron chi connectivity index (χ2n) is 5.39. The highest BCUT2D eigenvalue weighted by Crippen LogP contribution is 2.23. The van der Waals surface area contributed by atoms with Crippen molar-refractivity contribution in [1.29, 1.82) is 0 Å². The van der Waals surface area contributed by atoms with Crippen LogP contribution in [0.15, 0.2) is 67.3 Å². The quantitative estimate of drug-likeness (QED) is 0.584. The molecular formula is C18H13F2N5O. The number of nitrogens with zero attached hydrogens (tertiary/aromatic N) is 4. The van der Waals surface area contributed by atoms with Crippen LogP contribution in [-0.2, 0) is 0 Å². The Morgan fingerprint density at radius 3 is 2.65 bits per heavy atom. The Balaban J connectivity index is 1.58. The van der Waals surface area contributed by atoms with E-state index in [0.29, 0.717) is 17.2 Å². The maximum atomic E-state index is 12.2. The third kappa shape index (κ3) is 3.30. The van der Waals surface area contributed by atoms with Gasteiger partial charge in [-0.2, -0.15) is 8.78 Å².